The molecule has 0 fully saturated rings. The molecule has 3 aromatic rings. The summed E-state index contributed by atoms with van der Waals surface area (Å²) in [6, 6.07) is 5.27. The van der Waals surface area contributed by atoms with Gasteiger partial charge < -0.3 is 5.11 Å². The van der Waals surface area contributed by atoms with Crippen LogP contribution in [0.5, 0.6) is 0 Å². The van der Waals surface area contributed by atoms with E-state index in [-0.39, 0.29) is 27.8 Å². The number of carbonyl (C=O) groups is 1. The molecule has 0 radical (unpaired) electrons. The molecule has 1 amide bonds. The molecular formula is C23H26ClFN4O3. The molecular weight excluding hydrogens is 435 g/mol. The molecule has 0 spiro atoms. The van der Waals surface area contributed by atoms with E-state index >= 15 is 0 Å². The summed E-state index contributed by atoms with van der Waals surface area (Å²) < 4.78 is 15.3. The van der Waals surface area contributed by atoms with E-state index in [2.05, 4.69) is 4.98 Å². The number of pyridine rings is 1. The van der Waals surface area contributed by atoms with Crippen LogP contribution in [0.4, 0.5) is 9.18 Å². The normalized spacial score (nSPS) is 12.9. The summed E-state index contributed by atoms with van der Waals surface area (Å²) in [7, 11) is 0. The van der Waals surface area contributed by atoms with Crippen molar-refractivity contribution in [3.8, 4) is 5.69 Å². The first-order valence-electron chi connectivity index (χ1n) is 10.3. The predicted octanol–water partition coefficient (Wildman–Crippen LogP) is 5.44. The first-order chi connectivity index (χ1) is 14.9. The van der Waals surface area contributed by atoms with Crippen LogP contribution < -0.4 is 5.56 Å². The second-order valence-corrected chi connectivity index (χ2v) is 9.48. The zero-order valence-electron chi connectivity index (χ0n) is 18.6. The van der Waals surface area contributed by atoms with Crippen molar-refractivity contribution in [3.63, 3.8) is 0 Å². The Morgan fingerprint density at radius 1 is 1.28 bits per heavy atom. The topological polar surface area (TPSA) is 88.3 Å². The van der Waals surface area contributed by atoms with E-state index in [1.54, 1.807) is 39.0 Å². The second kappa shape index (κ2) is 8.86. The van der Waals surface area contributed by atoms with Crippen molar-refractivity contribution >= 4 is 28.6 Å². The van der Waals surface area contributed by atoms with E-state index in [0.717, 1.165) is 12.3 Å². The third kappa shape index (κ3) is 4.60. The number of hydrogen-bond acceptors (Lipinski definition) is 4. The average Bonchev–Trinajstić information content (AvgIpc) is 2.65. The standard InChI is InChI=1S/C23H26ClFN4O3/c1-13(2)9-18(29(22(31)32)23(3,4)5)20-27-17-8-6-7-16(24)19(17)21(30)28(20)15-10-14(25)11-26-12-15/h6-8,10-13,18H,9H2,1-5H3,(H,31,32). The average molecular weight is 461 g/mol. The van der Waals surface area contributed by atoms with Gasteiger partial charge in [0.2, 0.25) is 0 Å². The molecule has 9 heteroatoms. The first kappa shape index (κ1) is 23.7. The maximum Gasteiger partial charge on any atom is 0.408 e. The monoisotopic (exact) mass is 460 g/mol. The van der Waals surface area contributed by atoms with Crippen LogP contribution in [0.25, 0.3) is 16.6 Å². The third-order valence-corrected chi connectivity index (χ3v) is 5.37. The SMILES string of the molecule is CC(C)CC(c1nc2cccc(Cl)c2c(=O)n1-c1cncc(F)c1)N(C(=O)O)C(C)(C)C. The van der Waals surface area contributed by atoms with E-state index in [0.29, 0.717) is 11.9 Å². The van der Waals surface area contributed by atoms with Gasteiger partial charge in [-0.15, -0.1) is 0 Å². The molecule has 1 unspecified atom stereocenters. The Bertz CT molecular complexity index is 1220. The van der Waals surface area contributed by atoms with E-state index in [1.807, 2.05) is 13.8 Å². The lowest BCUT2D eigenvalue weighted by atomic mass is 9.96. The number of hydrogen-bond donors (Lipinski definition) is 1. The second-order valence-electron chi connectivity index (χ2n) is 9.07. The zero-order valence-corrected chi connectivity index (χ0v) is 19.4. The van der Waals surface area contributed by atoms with Crippen molar-refractivity contribution in [2.45, 2.75) is 52.6 Å². The molecule has 32 heavy (non-hydrogen) atoms. The third-order valence-electron chi connectivity index (χ3n) is 5.05. The lowest BCUT2D eigenvalue weighted by molar-refractivity contribution is 0.0586. The van der Waals surface area contributed by atoms with Crippen LogP contribution in [-0.2, 0) is 0 Å². The summed E-state index contributed by atoms with van der Waals surface area (Å²) in [5.74, 6) is -0.371. The van der Waals surface area contributed by atoms with Gasteiger partial charge in [-0.3, -0.25) is 19.2 Å². The Labute approximate surface area is 190 Å². The van der Waals surface area contributed by atoms with Crippen molar-refractivity contribution in [1.82, 2.24) is 19.4 Å². The molecule has 0 aliphatic heterocycles. The summed E-state index contributed by atoms with van der Waals surface area (Å²) in [5, 5.41) is 10.5. The summed E-state index contributed by atoms with van der Waals surface area (Å²) >= 11 is 6.31. The molecule has 0 bridgehead atoms. The number of benzene rings is 1. The summed E-state index contributed by atoms with van der Waals surface area (Å²) in [6.07, 6.45) is 1.62. The molecule has 1 N–H and O–H groups in total. The van der Waals surface area contributed by atoms with Crippen molar-refractivity contribution in [3.05, 3.63) is 63.7 Å². The number of rotatable bonds is 5. The van der Waals surface area contributed by atoms with Crippen LogP contribution in [0, 0.1) is 11.7 Å². The molecule has 170 valence electrons. The van der Waals surface area contributed by atoms with Gasteiger partial charge in [-0.05, 0) is 45.2 Å². The van der Waals surface area contributed by atoms with Crippen LogP contribution in [0.1, 0.15) is 52.9 Å². The van der Waals surface area contributed by atoms with Gasteiger partial charge in [-0.25, -0.2) is 14.2 Å². The highest BCUT2D eigenvalue weighted by Crippen LogP contribution is 2.34. The predicted molar refractivity (Wildman–Crippen MR) is 122 cm³/mol. The molecule has 1 atom stereocenters. The molecule has 1 aromatic carbocycles. The van der Waals surface area contributed by atoms with E-state index in [9.17, 15) is 19.1 Å². The van der Waals surface area contributed by atoms with Crippen molar-refractivity contribution in [1.29, 1.82) is 0 Å². The van der Waals surface area contributed by atoms with Crippen molar-refractivity contribution < 1.29 is 14.3 Å². The van der Waals surface area contributed by atoms with Gasteiger partial charge in [0, 0.05) is 11.6 Å². The van der Waals surface area contributed by atoms with Gasteiger partial charge in [0.25, 0.3) is 5.56 Å². The number of carboxylic acid groups (broad SMARTS) is 1. The molecule has 0 aliphatic carbocycles. The molecule has 2 aromatic heterocycles. The Balaban J connectivity index is 2.46. The van der Waals surface area contributed by atoms with E-state index in [1.165, 1.54) is 15.7 Å². The lowest BCUT2D eigenvalue weighted by Crippen LogP contribution is -2.49. The van der Waals surface area contributed by atoms with Gasteiger partial charge in [0.15, 0.2) is 0 Å². The van der Waals surface area contributed by atoms with Crippen LogP contribution in [0.15, 0.2) is 41.5 Å². The van der Waals surface area contributed by atoms with Gasteiger partial charge in [0.05, 0.1) is 40.0 Å². The Hall–Kier alpha value is -3.00. The molecule has 3 rings (SSSR count). The largest absolute Gasteiger partial charge is 0.465 e. The molecule has 0 saturated heterocycles. The molecule has 7 nitrogen and oxygen atoms in total. The number of amides is 1. The van der Waals surface area contributed by atoms with Gasteiger partial charge >= 0.3 is 6.09 Å². The van der Waals surface area contributed by atoms with E-state index < -0.39 is 29.1 Å². The fourth-order valence-corrected chi connectivity index (χ4v) is 4.11. The lowest BCUT2D eigenvalue weighted by Gasteiger charge is -2.40. The highest BCUT2D eigenvalue weighted by atomic mass is 35.5. The summed E-state index contributed by atoms with van der Waals surface area (Å²) in [6.45, 7) is 9.25. The van der Waals surface area contributed by atoms with Crippen LogP contribution in [0.2, 0.25) is 5.02 Å². The highest BCUT2D eigenvalue weighted by Gasteiger charge is 2.37. The van der Waals surface area contributed by atoms with Crippen LogP contribution in [-0.4, -0.2) is 36.2 Å². The number of aromatic nitrogens is 3. The van der Waals surface area contributed by atoms with Crippen molar-refractivity contribution in [2.24, 2.45) is 5.92 Å². The quantitative estimate of drug-likeness (QED) is 0.547. The van der Waals surface area contributed by atoms with Gasteiger partial charge in [-0.2, -0.15) is 0 Å². The minimum atomic E-state index is -1.15. The van der Waals surface area contributed by atoms with Crippen LogP contribution in [0.3, 0.4) is 0 Å². The molecule has 0 saturated carbocycles. The number of halogens is 2. The maximum absolute atomic E-state index is 14.1. The number of fused-ring (bicyclic) bond motifs is 1. The minimum Gasteiger partial charge on any atom is -0.465 e. The minimum absolute atomic E-state index is 0.0789. The fourth-order valence-electron chi connectivity index (χ4n) is 3.86. The fraction of sp³-hybridized carbons (Fsp3) is 0.391. The molecule has 0 aliphatic rings. The molecule has 2 heterocycles. The summed E-state index contributed by atoms with van der Waals surface area (Å²) in [5.41, 5.74) is -0.827. The first-order valence-corrected chi connectivity index (χ1v) is 10.6. The maximum atomic E-state index is 14.1. The zero-order chi connectivity index (χ0) is 23.8. The van der Waals surface area contributed by atoms with E-state index in [4.69, 9.17) is 16.6 Å². The Kier molecular flexibility index (Phi) is 6.55. The van der Waals surface area contributed by atoms with Crippen LogP contribution >= 0.6 is 11.6 Å². The smallest absolute Gasteiger partial charge is 0.408 e. The highest BCUT2D eigenvalue weighted by molar-refractivity contribution is 6.35. The van der Waals surface area contributed by atoms with Crippen molar-refractivity contribution in [2.75, 3.05) is 0 Å². The van der Waals surface area contributed by atoms with Gasteiger partial charge in [0.1, 0.15) is 11.6 Å². The Morgan fingerprint density at radius 3 is 2.53 bits per heavy atom. The summed E-state index contributed by atoms with van der Waals surface area (Å²) in [4.78, 5) is 35.9. The number of nitrogens with zero attached hydrogens (tertiary/aromatic N) is 4. The van der Waals surface area contributed by atoms with Gasteiger partial charge in [-0.1, -0.05) is 31.5 Å². The Morgan fingerprint density at radius 2 is 1.97 bits per heavy atom.